The first-order chi connectivity index (χ1) is 6.77. The molecule has 1 aromatic rings. The summed E-state index contributed by atoms with van der Waals surface area (Å²) in [5.74, 6) is 0.575. The summed E-state index contributed by atoms with van der Waals surface area (Å²) in [4.78, 5) is 4.55. The lowest BCUT2D eigenvalue weighted by atomic mass is 10.1. The van der Waals surface area contributed by atoms with E-state index in [9.17, 15) is 0 Å². The highest BCUT2D eigenvalue weighted by atomic mass is 32.1. The van der Waals surface area contributed by atoms with E-state index in [1.165, 1.54) is 5.69 Å². The van der Waals surface area contributed by atoms with Crippen molar-refractivity contribution in [1.29, 1.82) is 0 Å². The van der Waals surface area contributed by atoms with Crippen molar-refractivity contribution in [3.8, 4) is 0 Å². The Balaban J connectivity index is 2.42. The SMILES string of the molecule is CCCOCc1nc(C(C)CC)cs1. The predicted octanol–water partition coefficient (Wildman–Crippen LogP) is 3.58. The molecule has 0 N–H and O–H groups in total. The molecule has 1 aromatic heterocycles. The fourth-order valence-corrected chi connectivity index (χ4v) is 1.98. The molecule has 2 nitrogen and oxygen atoms in total. The predicted molar refractivity (Wildman–Crippen MR) is 60.8 cm³/mol. The van der Waals surface area contributed by atoms with E-state index in [4.69, 9.17) is 4.74 Å². The van der Waals surface area contributed by atoms with E-state index in [1.807, 2.05) is 0 Å². The van der Waals surface area contributed by atoms with Gasteiger partial charge in [0.25, 0.3) is 0 Å². The Morgan fingerprint density at radius 1 is 1.50 bits per heavy atom. The van der Waals surface area contributed by atoms with Gasteiger partial charge >= 0.3 is 0 Å². The van der Waals surface area contributed by atoms with Crippen molar-refractivity contribution in [2.45, 2.75) is 46.1 Å². The minimum Gasteiger partial charge on any atom is -0.374 e. The van der Waals surface area contributed by atoms with E-state index < -0.39 is 0 Å². The van der Waals surface area contributed by atoms with Gasteiger partial charge in [-0.2, -0.15) is 0 Å². The third-order valence-electron chi connectivity index (χ3n) is 2.26. The molecule has 14 heavy (non-hydrogen) atoms. The van der Waals surface area contributed by atoms with Gasteiger partial charge in [0.2, 0.25) is 0 Å². The fraction of sp³-hybridized carbons (Fsp3) is 0.727. The molecule has 0 aromatic carbocycles. The summed E-state index contributed by atoms with van der Waals surface area (Å²) in [6.07, 6.45) is 2.22. The highest BCUT2D eigenvalue weighted by Gasteiger charge is 2.07. The van der Waals surface area contributed by atoms with Gasteiger partial charge < -0.3 is 4.74 Å². The summed E-state index contributed by atoms with van der Waals surface area (Å²) in [5, 5.41) is 3.26. The zero-order valence-corrected chi connectivity index (χ0v) is 10.1. The number of aromatic nitrogens is 1. The normalized spacial score (nSPS) is 13.1. The van der Waals surface area contributed by atoms with Gasteiger partial charge in [0.1, 0.15) is 5.01 Å². The smallest absolute Gasteiger partial charge is 0.119 e. The first-order valence-electron chi connectivity index (χ1n) is 5.30. The molecule has 1 unspecified atom stereocenters. The van der Waals surface area contributed by atoms with Crippen LogP contribution in [0.3, 0.4) is 0 Å². The average molecular weight is 213 g/mol. The molecule has 0 aliphatic rings. The van der Waals surface area contributed by atoms with Crippen LogP contribution in [0.1, 0.15) is 50.2 Å². The van der Waals surface area contributed by atoms with Crippen LogP contribution in [0, 0.1) is 0 Å². The monoisotopic (exact) mass is 213 g/mol. The first kappa shape index (κ1) is 11.7. The summed E-state index contributed by atoms with van der Waals surface area (Å²) in [5.41, 5.74) is 1.22. The maximum Gasteiger partial charge on any atom is 0.119 e. The summed E-state index contributed by atoms with van der Waals surface area (Å²) in [6, 6.07) is 0. The molecule has 0 bridgehead atoms. The first-order valence-corrected chi connectivity index (χ1v) is 6.17. The Kier molecular flexibility index (Phi) is 5.12. The quantitative estimate of drug-likeness (QED) is 0.674. The van der Waals surface area contributed by atoms with Gasteiger partial charge in [0.05, 0.1) is 12.3 Å². The largest absolute Gasteiger partial charge is 0.374 e. The molecule has 3 heteroatoms. The van der Waals surface area contributed by atoms with E-state index in [-0.39, 0.29) is 0 Å². The van der Waals surface area contributed by atoms with Gasteiger partial charge in [-0.15, -0.1) is 11.3 Å². The lowest BCUT2D eigenvalue weighted by Crippen LogP contribution is -1.95. The highest BCUT2D eigenvalue weighted by molar-refractivity contribution is 7.09. The van der Waals surface area contributed by atoms with Gasteiger partial charge in [-0.05, 0) is 18.8 Å². The topological polar surface area (TPSA) is 22.1 Å². The summed E-state index contributed by atoms with van der Waals surface area (Å²) in [6.45, 7) is 8.03. The zero-order chi connectivity index (χ0) is 10.4. The molecule has 0 aliphatic carbocycles. The second-order valence-corrected chi connectivity index (χ2v) is 4.47. The minimum atomic E-state index is 0.575. The molecular weight excluding hydrogens is 194 g/mol. The average Bonchev–Trinajstić information content (AvgIpc) is 2.66. The third kappa shape index (κ3) is 3.39. The second-order valence-electron chi connectivity index (χ2n) is 3.53. The van der Waals surface area contributed by atoms with Crippen molar-refractivity contribution in [3.05, 3.63) is 16.1 Å². The van der Waals surface area contributed by atoms with Crippen LogP contribution in [0.25, 0.3) is 0 Å². The maximum absolute atomic E-state index is 5.44. The Bertz CT molecular complexity index is 260. The third-order valence-corrected chi connectivity index (χ3v) is 3.10. The van der Waals surface area contributed by atoms with Crippen LogP contribution in [0.2, 0.25) is 0 Å². The van der Waals surface area contributed by atoms with Crippen LogP contribution in [-0.4, -0.2) is 11.6 Å². The highest BCUT2D eigenvalue weighted by Crippen LogP contribution is 2.21. The van der Waals surface area contributed by atoms with Crippen molar-refractivity contribution in [1.82, 2.24) is 4.98 Å². The van der Waals surface area contributed by atoms with Crippen molar-refractivity contribution in [3.63, 3.8) is 0 Å². The van der Waals surface area contributed by atoms with Gasteiger partial charge in [0.15, 0.2) is 0 Å². The molecule has 0 fully saturated rings. The molecule has 1 rings (SSSR count). The molecule has 0 aliphatic heterocycles. The van der Waals surface area contributed by atoms with Crippen LogP contribution in [0.5, 0.6) is 0 Å². The van der Waals surface area contributed by atoms with Gasteiger partial charge in [0, 0.05) is 12.0 Å². The molecule has 0 spiro atoms. The van der Waals surface area contributed by atoms with Gasteiger partial charge in [-0.25, -0.2) is 4.98 Å². The lowest BCUT2D eigenvalue weighted by Gasteiger charge is -2.02. The second kappa shape index (κ2) is 6.14. The summed E-state index contributed by atoms with van der Waals surface area (Å²) >= 11 is 1.71. The summed E-state index contributed by atoms with van der Waals surface area (Å²) < 4.78 is 5.44. The van der Waals surface area contributed by atoms with Crippen LogP contribution < -0.4 is 0 Å². The molecule has 1 heterocycles. The number of nitrogens with zero attached hydrogens (tertiary/aromatic N) is 1. The molecule has 0 saturated carbocycles. The molecule has 1 atom stereocenters. The molecule has 0 saturated heterocycles. The Hall–Kier alpha value is -0.410. The fourth-order valence-electron chi connectivity index (χ4n) is 1.13. The molecule has 0 radical (unpaired) electrons. The van der Waals surface area contributed by atoms with E-state index >= 15 is 0 Å². The van der Waals surface area contributed by atoms with Crippen molar-refractivity contribution < 1.29 is 4.74 Å². The standard InChI is InChI=1S/C11H19NOS/c1-4-6-13-7-11-12-10(8-14-11)9(3)5-2/h8-9H,4-7H2,1-3H3. The lowest BCUT2D eigenvalue weighted by molar-refractivity contribution is 0.121. The Morgan fingerprint density at radius 3 is 2.93 bits per heavy atom. The van der Waals surface area contributed by atoms with Crippen LogP contribution in [-0.2, 0) is 11.3 Å². The van der Waals surface area contributed by atoms with Crippen LogP contribution in [0.15, 0.2) is 5.38 Å². The number of hydrogen-bond donors (Lipinski definition) is 0. The minimum absolute atomic E-state index is 0.575. The van der Waals surface area contributed by atoms with Crippen molar-refractivity contribution >= 4 is 11.3 Å². The number of rotatable bonds is 6. The number of hydrogen-bond acceptors (Lipinski definition) is 3. The van der Waals surface area contributed by atoms with Crippen molar-refractivity contribution in [2.24, 2.45) is 0 Å². The maximum atomic E-state index is 5.44. The number of ether oxygens (including phenoxy) is 1. The van der Waals surface area contributed by atoms with Crippen LogP contribution in [0.4, 0.5) is 0 Å². The molecule has 80 valence electrons. The zero-order valence-electron chi connectivity index (χ0n) is 9.25. The van der Waals surface area contributed by atoms with E-state index in [1.54, 1.807) is 11.3 Å². The Morgan fingerprint density at radius 2 is 2.29 bits per heavy atom. The van der Waals surface area contributed by atoms with Gasteiger partial charge in [-0.3, -0.25) is 0 Å². The van der Waals surface area contributed by atoms with E-state index in [0.29, 0.717) is 12.5 Å². The molecular formula is C11H19NOS. The summed E-state index contributed by atoms with van der Waals surface area (Å²) in [7, 11) is 0. The van der Waals surface area contributed by atoms with Crippen molar-refractivity contribution in [2.75, 3.05) is 6.61 Å². The van der Waals surface area contributed by atoms with E-state index in [2.05, 4.69) is 31.1 Å². The number of thiazole rings is 1. The van der Waals surface area contributed by atoms with Crippen LogP contribution >= 0.6 is 11.3 Å². The molecule has 0 amide bonds. The van der Waals surface area contributed by atoms with E-state index in [0.717, 1.165) is 24.5 Å². The Labute approximate surface area is 90.3 Å². The van der Waals surface area contributed by atoms with Gasteiger partial charge in [-0.1, -0.05) is 20.8 Å².